The summed E-state index contributed by atoms with van der Waals surface area (Å²) in [6.07, 6.45) is 2.48. The minimum Gasteiger partial charge on any atom is -0.240 e. The quantitative estimate of drug-likeness (QED) is 0.559. The summed E-state index contributed by atoms with van der Waals surface area (Å²) in [6.45, 7) is 2.74. The van der Waals surface area contributed by atoms with Crippen molar-refractivity contribution in [1.82, 2.24) is 4.57 Å². The van der Waals surface area contributed by atoms with E-state index in [4.69, 9.17) is 4.11 Å². The maximum Gasteiger partial charge on any atom is 0.243 e. The van der Waals surface area contributed by atoms with E-state index in [9.17, 15) is 0 Å². The molecule has 1 heterocycles. The Morgan fingerprint density at radius 2 is 2.50 bits per heavy atom. The largest absolute Gasteiger partial charge is 0.243 e. The predicted octanol–water partition coefficient (Wildman–Crippen LogP) is 1.11. The van der Waals surface area contributed by atoms with Gasteiger partial charge >= 0.3 is 0 Å². The van der Waals surface area contributed by atoms with Gasteiger partial charge in [0.05, 0.1) is 13.6 Å². The molecule has 0 amide bonds. The first-order valence-corrected chi connectivity index (χ1v) is 3.61. The molecule has 0 radical (unpaired) electrons. The average molecular weight is 142 g/mol. The summed E-state index contributed by atoms with van der Waals surface area (Å²) in [7, 11) is 1.64. The van der Waals surface area contributed by atoms with Crippen molar-refractivity contribution in [2.45, 2.75) is 26.3 Å². The fraction of sp³-hybridized carbons (Fsp3) is 0.625. The number of aromatic nitrogens is 2. The Balaban J connectivity index is 2.99. The molecule has 0 bridgehead atoms. The lowest BCUT2D eigenvalue weighted by Gasteiger charge is -1.90. The highest BCUT2D eigenvalue weighted by molar-refractivity contribution is 4.65. The monoisotopic (exact) mass is 142 g/mol. The van der Waals surface area contributed by atoms with Gasteiger partial charge in [0.25, 0.3) is 0 Å². The second-order valence-electron chi connectivity index (χ2n) is 2.39. The minimum absolute atomic E-state index is 0.112. The molecule has 0 unspecified atom stereocenters. The zero-order valence-corrected chi connectivity index (χ0v) is 6.52. The van der Waals surface area contributed by atoms with Crippen molar-refractivity contribution in [2.75, 3.05) is 0 Å². The van der Waals surface area contributed by atoms with Crippen molar-refractivity contribution in [1.29, 1.82) is 0 Å². The predicted molar refractivity (Wildman–Crippen MR) is 40.5 cm³/mol. The highest BCUT2D eigenvalue weighted by Crippen LogP contribution is 1.91. The van der Waals surface area contributed by atoms with Crippen LogP contribution < -0.4 is 4.57 Å². The van der Waals surface area contributed by atoms with E-state index < -0.39 is 0 Å². The smallest absolute Gasteiger partial charge is 0.240 e. The lowest BCUT2D eigenvalue weighted by molar-refractivity contribution is -0.671. The van der Waals surface area contributed by atoms with Gasteiger partial charge < -0.3 is 0 Å². The van der Waals surface area contributed by atoms with Gasteiger partial charge in [-0.1, -0.05) is 13.3 Å². The average Bonchev–Trinajstić information content (AvgIpc) is 2.30. The molecular formula is C8H15N2+. The topological polar surface area (TPSA) is 8.81 Å². The van der Waals surface area contributed by atoms with Crippen LogP contribution in [0.3, 0.4) is 0 Å². The van der Waals surface area contributed by atoms with Gasteiger partial charge in [-0.25, -0.2) is 9.13 Å². The van der Waals surface area contributed by atoms with Crippen LogP contribution >= 0.6 is 0 Å². The second-order valence-corrected chi connectivity index (χ2v) is 2.39. The van der Waals surface area contributed by atoms with Crippen molar-refractivity contribution < 1.29 is 8.68 Å². The molecule has 0 spiro atoms. The summed E-state index contributed by atoms with van der Waals surface area (Å²) in [4.78, 5) is 0. The zero-order valence-electron chi connectivity index (χ0n) is 9.52. The molecule has 0 atom stereocenters. The molecule has 1 aromatic heterocycles. The summed E-state index contributed by atoms with van der Waals surface area (Å²) >= 11 is 0. The molecule has 0 saturated heterocycles. The number of unbranched alkanes of at least 4 members (excludes halogenated alkanes) is 1. The minimum atomic E-state index is 0.112. The van der Waals surface area contributed by atoms with E-state index in [-0.39, 0.29) is 18.6 Å². The number of nitrogens with zero attached hydrogens (tertiary/aromatic N) is 2. The molecule has 0 aromatic carbocycles. The number of imidazole rings is 1. The first-order valence-electron chi connectivity index (χ1n) is 5.11. The Bertz CT molecular complexity index is 281. The fourth-order valence-electron chi connectivity index (χ4n) is 0.789. The first kappa shape index (κ1) is 4.16. The van der Waals surface area contributed by atoms with E-state index in [0.717, 1.165) is 12.8 Å². The summed E-state index contributed by atoms with van der Waals surface area (Å²) in [5, 5.41) is 0. The van der Waals surface area contributed by atoms with Crippen molar-refractivity contribution in [3.8, 4) is 0 Å². The van der Waals surface area contributed by atoms with Crippen LogP contribution in [-0.4, -0.2) is 4.57 Å². The van der Waals surface area contributed by atoms with Crippen molar-refractivity contribution in [2.24, 2.45) is 7.05 Å². The zero-order chi connectivity index (χ0) is 10.0. The van der Waals surface area contributed by atoms with Gasteiger partial charge in [-0.05, 0) is 6.42 Å². The Morgan fingerprint density at radius 3 is 3.00 bits per heavy atom. The van der Waals surface area contributed by atoms with E-state index in [1.807, 2.05) is 0 Å². The van der Waals surface area contributed by atoms with Crippen LogP contribution in [0.25, 0.3) is 0 Å². The summed E-state index contributed by atoms with van der Waals surface area (Å²) in [5.74, 6) is 0. The van der Waals surface area contributed by atoms with Crippen LogP contribution in [0.15, 0.2) is 18.6 Å². The number of hydrogen-bond donors (Lipinski definition) is 0. The standard InChI is InChI=1S/C8H15N2/c1-3-4-5-10-7-6-9(2)8-10/h6-8H,3-5H2,1-2H3/q+1/i6D,7D,8D. The van der Waals surface area contributed by atoms with Gasteiger partial charge in [-0.3, -0.25) is 0 Å². The normalized spacial score (nSPS) is 14.4. The van der Waals surface area contributed by atoms with E-state index in [0.29, 0.717) is 6.54 Å². The molecule has 56 valence electrons. The molecular weight excluding hydrogens is 124 g/mol. The Morgan fingerprint density at radius 1 is 1.70 bits per heavy atom. The van der Waals surface area contributed by atoms with Gasteiger partial charge in [0, 0.05) is 0 Å². The first-order chi connectivity index (χ1) is 6.09. The molecule has 10 heavy (non-hydrogen) atoms. The summed E-state index contributed by atoms with van der Waals surface area (Å²) < 4.78 is 25.6. The van der Waals surface area contributed by atoms with Crippen molar-refractivity contribution in [3.63, 3.8) is 0 Å². The second kappa shape index (κ2) is 3.40. The molecule has 0 N–H and O–H groups in total. The lowest BCUT2D eigenvalue weighted by Crippen LogP contribution is -2.23. The molecule has 0 fully saturated rings. The Hall–Kier alpha value is -0.790. The van der Waals surface area contributed by atoms with Crippen LogP contribution in [0, 0.1) is 0 Å². The van der Waals surface area contributed by atoms with E-state index in [1.165, 1.54) is 4.57 Å². The third-order valence-electron chi connectivity index (χ3n) is 1.36. The molecule has 0 aliphatic heterocycles. The van der Waals surface area contributed by atoms with Crippen molar-refractivity contribution in [3.05, 3.63) is 18.6 Å². The molecule has 1 rings (SSSR count). The maximum atomic E-state index is 7.62. The third kappa shape index (κ3) is 1.87. The van der Waals surface area contributed by atoms with Crippen LogP contribution in [0.1, 0.15) is 23.9 Å². The van der Waals surface area contributed by atoms with Crippen LogP contribution in [0.5, 0.6) is 0 Å². The van der Waals surface area contributed by atoms with E-state index in [1.54, 1.807) is 11.6 Å². The molecule has 2 nitrogen and oxygen atoms in total. The maximum absolute atomic E-state index is 7.62. The van der Waals surface area contributed by atoms with Crippen molar-refractivity contribution >= 4 is 0 Å². The highest BCUT2D eigenvalue weighted by atomic mass is 15.1. The molecule has 0 aliphatic rings. The number of hydrogen-bond acceptors (Lipinski definition) is 0. The Labute approximate surface area is 66.3 Å². The summed E-state index contributed by atoms with van der Waals surface area (Å²) in [5.41, 5.74) is 0. The van der Waals surface area contributed by atoms with Gasteiger partial charge in [-0.15, -0.1) is 0 Å². The summed E-state index contributed by atoms with van der Waals surface area (Å²) in [6, 6.07) is 0. The molecule has 0 saturated carbocycles. The van der Waals surface area contributed by atoms with E-state index in [2.05, 4.69) is 6.92 Å². The highest BCUT2D eigenvalue weighted by Gasteiger charge is 1.96. The van der Waals surface area contributed by atoms with Gasteiger partial charge in [0.1, 0.15) is 15.1 Å². The fourth-order valence-corrected chi connectivity index (χ4v) is 0.789. The Kier molecular flexibility index (Phi) is 1.41. The van der Waals surface area contributed by atoms with Gasteiger partial charge in [0.15, 0.2) is 1.37 Å². The SMILES string of the molecule is [2H]c1c([2H])[n+](C)c([2H])n1CCCC. The van der Waals surface area contributed by atoms with E-state index >= 15 is 0 Å². The third-order valence-corrected chi connectivity index (χ3v) is 1.36. The van der Waals surface area contributed by atoms with Gasteiger partial charge in [-0.2, -0.15) is 0 Å². The lowest BCUT2D eigenvalue weighted by atomic mass is 10.3. The van der Waals surface area contributed by atoms with Crippen LogP contribution in [0.4, 0.5) is 0 Å². The van der Waals surface area contributed by atoms with Crippen LogP contribution in [-0.2, 0) is 13.6 Å². The molecule has 1 aromatic rings. The molecule has 2 heteroatoms. The van der Waals surface area contributed by atoms with Crippen LogP contribution in [0.2, 0.25) is 0 Å². The number of rotatable bonds is 3. The molecule has 0 aliphatic carbocycles. The van der Waals surface area contributed by atoms with Gasteiger partial charge in [0.2, 0.25) is 6.30 Å².